The molecule has 2 atom stereocenters. The van der Waals surface area contributed by atoms with E-state index in [1.54, 1.807) is 6.92 Å². The summed E-state index contributed by atoms with van der Waals surface area (Å²) in [6.45, 7) is 1.97. The van der Waals surface area contributed by atoms with E-state index in [0.29, 0.717) is 25.8 Å². The van der Waals surface area contributed by atoms with E-state index in [2.05, 4.69) is 5.32 Å². The number of hydrogen-bond donors (Lipinski definition) is 2. The quantitative estimate of drug-likeness (QED) is 0.598. The lowest BCUT2D eigenvalue weighted by Crippen LogP contribution is -2.47. The number of piperidine rings is 1. The molecule has 0 saturated carbocycles. The Morgan fingerprint density at radius 1 is 1.33 bits per heavy atom. The fourth-order valence-electron chi connectivity index (χ4n) is 3.15. The van der Waals surface area contributed by atoms with Gasteiger partial charge in [0, 0.05) is 19.6 Å². The number of rotatable bonds is 9. The van der Waals surface area contributed by atoms with Gasteiger partial charge in [0.15, 0.2) is 0 Å². The maximum Gasteiger partial charge on any atom is 0.416 e. The molecule has 1 aliphatic heterocycles. The van der Waals surface area contributed by atoms with Crippen LogP contribution in [0.5, 0.6) is 5.75 Å². The number of amides is 1. The van der Waals surface area contributed by atoms with Gasteiger partial charge in [0.05, 0.1) is 17.2 Å². The van der Waals surface area contributed by atoms with Gasteiger partial charge >= 0.3 is 6.18 Å². The first-order chi connectivity index (χ1) is 14.0. The summed E-state index contributed by atoms with van der Waals surface area (Å²) in [5, 5.41) is 12.5. The Labute approximate surface area is 174 Å². The minimum atomic E-state index is -4.44. The van der Waals surface area contributed by atoms with Crippen LogP contribution in [0.15, 0.2) is 24.3 Å². The third-order valence-electron chi connectivity index (χ3n) is 4.75. The highest BCUT2D eigenvalue weighted by Crippen LogP contribution is 2.30. The van der Waals surface area contributed by atoms with Gasteiger partial charge in [-0.25, -0.2) is 12.7 Å². The number of nitrogens with one attached hydrogen (secondary N) is 1. The Morgan fingerprint density at radius 2 is 2.00 bits per heavy atom. The van der Waals surface area contributed by atoms with Crippen molar-refractivity contribution in [1.29, 1.82) is 0 Å². The Kier molecular flexibility index (Phi) is 8.51. The molecule has 1 heterocycles. The molecule has 170 valence electrons. The van der Waals surface area contributed by atoms with Crippen molar-refractivity contribution in [2.75, 3.05) is 32.0 Å². The topological polar surface area (TPSA) is 95.9 Å². The highest BCUT2D eigenvalue weighted by molar-refractivity contribution is 7.89. The van der Waals surface area contributed by atoms with E-state index in [0.717, 1.165) is 24.3 Å². The van der Waals surface area contributed by atoms with Gasteiger partial charge in [0.1, 0.15) is 18.5 Å². The fourth-order valence-corrected chi connectivity index (χ4v) is 4.74. The molecule has 0 spiro atoms. The van der Waals surface area contributed by atoms with Crippen molar-refractivity contribution in [3.63, 3.8) is 0 Å². The summed E-state index contributed by atoms with van der Waals surface area (Å²) >= 11 is 0. The van der Waals surface area contributed by atoms with Crippen LogP contribution >= 0.6 is 0 Å². The summed E-state index contributed by atoms with van der Waals surface area (Å²) in [6, 6.07) is 4.07. The number of benzene rings is 1. The first-order valence-electron chi connectivity index (χ1n) is 9.76. The minimum Gasteiger partial charge on any atom is -0.491 e. The van der Waals surface area contributed by atoms with Gasteiger partial charge in [0.25, 0.3) is 0 Å². The summed E-state index contributed by atoms with van der Waals surface area (Å²) in [5.74, 6) is -0.632. The second kappa shape index (κ2) is 10.5. The van der Waals surface area contributed by atoms with Crippen molar-refractivity contribution in [2.45, 2.75) is 38.5 Å². The van der Waals surface area contributed by atoms with Gasteiger partial charge in [-0.05, 0) is 43.5 Å². The lowest BCUT2D eigenvalue weighted by Gasteiger charge is -2.31. The molecule has 0 aliphatic carbocycles. The van der Waals surface area contributed by atoms with Gasteiger partial charge < -0.3 is 15.2 Å². The second-order valence-electron chi connectivity index (χ2n) is 7.25. The molecular formula is C19H27F3N2O5S. The number of aliphatic hydroxyl groups excluding tert-OH is 1. The summed E-state index contributed by atoms with van der Waals surface area (Å²) in [7, 11) is -3.37. The molecule has 2 rings (SSSR count). The molecule has 1 aromatic rings. The molecule has 1 aromatic carbocycles. The Balaban J connectivity index is 1.77. The smallest absolute Gasteiger partial charge is 0.416 e. The second-order valence-corrected chi connectivity index (χ2v) is 9.33. The van der Waals surface area contributed by atoms with E-state index in [1.807, 2.05) is 0 Å². The van der Waals surface area contributed by atoms with Crippen molar-refractivity contribution in [2.24, 2.45) is 5.92 Å². The number of hydrogen-bond acceptors (Lipinski definition) is 5. The van der Waals surface area contributed by atoms with Crippen molar-refractivity contribution >= 4 is 15.9 Å². The number of carbonyl (C=O) groups is 1. The molecule has 1 amide bonds. The number of alkyl halides is 3. The fraction of sp³-hybridized carbons (Fsp3) is 0.632. The maximum atomic E-state index is 12.5. The lowest BCUT2D eigenvalue weighted by molar-refractivity contribution is -0.137. The number of sulfonamides is 1. The first kappa shape index (κ1) is 24.4. The van der Waals surface area contributed by atoms with Gasteiger partial charge in [-0.3, -0.25) is 4.79 Å². The first-order valence-corrected chi connectivity index (χ1v) is 11.4. The highest BCUT2D eigenvalue weighted by Gasteiger charge is 2.32. The van der Waals surface area contributed by atoms with Crippen LogP contribution < -0.4 is 10.1 Å². The number of halogens is 3. The van der Waals surface area contributed by atoms with Gasteiger partial charge in [-0.2, -0.15) is 13.2 Å². The molecule has 2 N–H and O–H groups in total. The number of nitrogens with zero attached hydrogens (tertiary/aromatic N) is 1. The van der Waals surface area contributed by atoms with Crippen LogP contribution in [-0.4, -0.2) is 61.8 Å². The van der Waals surface area contributed by atoms with E-state index < -0.39 is 33.8 Å². The van der Waals surface area contributed by atoms with Crippen LogP contribution in [0.2, 0.25) is 0 Å². The molecule has 1 saturated heterocycles. The largest absolute Gasteiger partial charge is 0.491 e. The molecule has 0 aromatic heterocycles. The standard InChI is InChI=1S/C19H27F3N2O5S/c1-2-10-30(27,28)24-9-3-4-14(12-24)18(26)23-11-16(25)13-29-17-7-5-15(6-8-17)19(20,21)22/h5-8,14,16,25H,2-4,9-13H2,1H3,(H,23,26). The third kappa shape index (κ3) is 7.13. The Hall–Kier alpha value is -1.85. The van der Waals surface area contributed by atoms with Crippen molar-refractivity contribution in [3.05, 3.63) is 29.8 Å². The third-order valence-corrected chi connectivity index (χ3v) is 6.79. The van der Waals surface area contributed by atoms with Gasteiger partial charge in [-0.1, -0.05) is 6.92 Å². The van der Waals surface area contributed by atoms with Crippen LogP contribution in [0.3, 0.4) is 0 Å². The average Bonchev–Trinajstić information content (AvgIpc) is 2.70. The molecular weight excluding hydrogens is 425 g/mol. The highest BCUT2D eigenvalue weighted by atomic mass is 32.2. The van der Waals surface area contributed by atoms with Crippen LogP contribution in [0.4, 0.5) is 13.2 Å². The van der Waals surface area contributed by atoms with Crippen LogP contribution in [0.1, 0.15) is 31.7 Å². The zero-order valence-electron chi connectivity index (χ0n) is 16.7. The van der Waals surface area contributed by atoms with Gasteiger partial charge in [0.2, 0.25) is 15.9 Å². The Morgan fingerprint density at radius 3 is 2.60 bits per heavy atom. The molecule has 30 heavy (non-hydrogen) atoms. The molecule has 2 unspecified atom stereocenters. The number of carbonyl (C=O) groups excluding carboxylic acids is 1. The molecule has 11 heteroatoms. The average molecular weight is 452 g/mol. The summed E-state index contributed by atoms with van der Waals surface area (Å²) in [5.41, 5.74) is -0.801. The van der Waals surface area contributed by atoms with Crippen molar-refractivity contribution in [3.8, 4) is 5.75 Å². The van der Waals surface area contributed by atoms with E-state index in [9.17, 15) is 31.5 Å². The molecule has 0 bridgehead atoms. The monoisotopic (exact) mass is 452 g/mol. The summed E-state index contributed by atoms with van der Waals surface area (Å²) in [6.07, 6.45) is -3.86. The lowest BCUT2D eigenvalue weighted by atomic mass is 9.99. The summed E-state index contributed by atoms with van der Waals surface area (Å²) < 4.78 is 68.6. The predicted molar refractivity (Wildman–Crippen MR) is 104 cm³/mol. The zero-order valence-corrected chi connectivity index (χ0v) is 17.5. The van der Waals surface area contributed by atoms with Crippen LogP contribution in [0, 0.1) is 5.92 Å². The zero-order chi connectivity index (χ0) is 22.4. The normalized spacial score (nSPS) is 19.3. The molecule has 0 radical (unpaired) electrons. The Bertz CT molecular complexity index is 799. The molecule has 1 aliphatic rings. The van der Waals surface area contributed by atoms with Crippen molar-refractivity contribution in [1.82, 2.24) is 9.62 Å². The maximum absolute atomic E-state index is 12.5. The SMILES string of the molecule is CCCS(=O)(=O)N1CCCC(C(=O)NCC(O)COc2ccc(C(F)(F)F)cc2)C1. The van der Waals surface area contributed by atoms with Crippen LogP contribution in [0.25, 0.3) is 0 Å². The van der Waals surface area contributed by atoms with Crippen molar-refractivity contribution < 1.29 is 36.2 Å². The van der Waals surface area contributed by atoms with E-state index in [-0.39, 0.29) is 37.1 Å². The van der Waals surface area contributed by atoms with Gasteiger partial charge in [-0.15, -0.1) is 0 Å². The van der Waals surface area contributed by atoms with E-state index >= 15 is 0 Å². The number of ether oxygens (including phenoxy) is 1. The number of aliphatic hydroxyl groups is 1. The molecule has 7 nitrogen and oxygen atoms in total. The van der Waals surface area contributed by atoms with E-state index in [4.69, 9.17) is 4.74 Å². The minimum absolute atomic E-state index is 0.0430. The van der Waals surface area contributed by atoms with Crippen LogP contribution in [-0.2, 0) is 21.0 Å². The predicted octanol–water partition coefficient (Wildman–Crippen LogP) is 2.01. The molecule has 1 fully saturated rings. The van der Waals surface area contributed by atoms with E-state index in [1.165, 1.54) is 4.31 Å². The summed E-state index contributed by atoms with van der Waals surface area (Å²) in [4.78, 5) is 12.3.